The second-order valence-corrected chi connectivity index (χ2v) is 6.89. The Hall–Kier alpha value is -0.700. The third-order valence-corrected chi connectivity index (χ3v) is 3.36. The first kappa shape index (κ1) is 16.4. The molecule has 1 aromatic rings. The molecule has 0 heterocycles. The van der Waals surface area contributed by atoms with Gasteiger partial charge in [0.1, 0.15) is 5.82 Å². The van der Waals surface area contributed by atoms with Crippen molar-refractivity contribution in [1.82, 2.24) is 0 Å². The number of halogens is 4. The van der Waals surface area contributed by atoms with Gasteiger partial charge in [0, 0.05) is 11.6 Å². The summed E-state index contributed by atoms with van der Waals surface area (Å²) in [6.07, 6.45) is 1.46. The molecule has 0 saturated heterocycles. The van der Waals surface area contributed by atoms with E-state index in [-0.39, 0.29) is 16.9 Å². The zero-order chi connectivity index (χ0) is 14.8. The molecule has 0 fully saturated rings. The molecule has 2 unspecified atom stereocenters. The van der Waals surface area contributed by atoms with Crippen molar-refractivity contribution in [2.75, 3.05) is 0 Å². The summed E-state index contributed by atoms with van der Waals surface area (Å²) in [4.78, 5) is 0. The van der Waals surface area contributed by atoms with E-state index in [1.807, 2.05) is 6.92 Å². The Labute approximate surface area is 118 Å². The monoisotopic (exact) mass is 292 g/mol. The Morgan fingerprint density at radius 3 is 2.11 bits per heavy atom. The number of hydrogen-bond donors (Lipinski definition) is 0. The topological polar surface area (TPSA) is 0 Å². The van der Waals surface area contributed by atoms with Gasteiger partial charge in [-0.05, 0) is 30.2 Å². The molecule has 0 radical (unpaired) electrons. The van der Waals surface area contributed by atoms with Gasteiger partial charge in [0.05, 0.1) is 5.38 Å². The van der Waals surface area contributed by atoms with Gasteiger partial charge in [-0.25, -0.2) is 13.2 Å². The van der Waals surface area contributed by atoms with Gasteiger partial charge in [-0.3, -0.25) is 0 Å². The van der Waals surface area contributed by atoms with Crippen molar-refractivity contribution in [1.29, 1.82) is 0 Å². The van der Waals surface area contributed by atoms with Crippen molar-refractivity contribution in [3.63, 3.8) is 0 Å². The van der Waals surface area contributed by atoms with Crippen LogP contribution in [0.2, 0.25) is 0 Å². The van der Waals surface area contributed by atoms with Crippen molar-refractivity contribution in [3.8, 4) is 0 Å². The van der Waals surface area contributed by atoms with E-state index in [2.05, 4.69) is 20.8 Å². The van der Waals surface area contributed by atoms with Gasteiger partial charge in [-0.2, -0.15) is 0 Å². The molecule has 1 rings (SSSR count). The lowest BCUT2D eigenvalue weighted by Gasteiger charge is -2.25. The van der Waals surface area contributed by atoms with E-state index in [0.29, 0.717) is 12.5 Å². The summed E-state index contributed by atoms with van der Waals surface area (Å²) in [5.41, 5.74) is 0.184. The van der Waals surface area contributed by atoms with Gasteiger partial charge >= 0.3 is 0 Å². The lowest BCUT2D eigenvalue weighted by atomic mass is 9.83. The summed E-state index contributed by atoms with van der Waals surface area (Å²) in [7, 11) is 0. The van der Waals surface area contributed by atoms with E-state index in [0.717, 1.165) is 12.5 Å². The molecule has 0 aliphatic heterocycles. The molecule has 0 N–H and O–H groups in total. The molecule has 0 aliphatic rings. The van der Waals surface area contributed by atoms with Crippen LogP contribution in [0, 0.1) is 28.8 Å². The van der Waals surface area contributed by atoms with Crippen LogP contribution in [-0.4, -0.2) is 0 Å². The highest BCUT2D eigenvalue weighted by atomic mass is 35.5. The Bertz CT molecular complexity index is 438. The van der Waals surface area contributed by atoms with Gasteiger partial charge in [-0.15, -0.1) is 11.6 Å². The first-order chi connectivity index (χ1) is 8.60. The highest BCUT2D eigenvalue weighted by Gasteiger charge is 2.22. The summed E-state index contributed by atoms with van der Waals surface area (Å²) < 4.78 is 39.6. The van der Waals surface area contributed by atoms with Gasteiger partial charge in [0.15, 0.2) is 11.6 Å². The predicted molar refractivity (Wildman–Crippen MR) is 72.8 cm³/mol. The fourth-order valence-electron chi connectivity index (χ4n) is 2.39. The van der Waals surface area contributed by atoms with Crippen molar-refractivity contribution in [2.24, 2.45) is 11.3 Å². The van der Waals surface area contributed by atoms with E-state index in [4.69, 9.17) is 11.6 Å². The molecular weight excluding hydrogens is 273 g/mol. The smallest absolute Gasteiger partial charge is 0.161 e. The number of hydrogen-bond acceptors (Lipinski definition) is 0. The van der Waals surface area contributed by atoms with Crippen LogP contribution in [0.1, 0.15) is 51.5 Å². The zero-order valence-electron chi connectivity index (χ0n) is 11.7. The highest BCUT2D eigenvalue weighted by molar-refractivity contribution is 6.20. The minimum absolute atomic E-state index is 0.0290. The van der Waals surface area contributed by atoms with Crippen molar-refractivity contribution in [3.05, 3.63) is 35.1 Å². The van der Waals surface area contributed by atoms with Crippen LogP contribution in [0.15, 0.2) is 12.1 Å². The van der Waals surface area contributed by atoms with Crippen LogP contribution in [0.25, 0.3) is 0 Å². The molecule has 1 aromatic carbocycles. The Balaban J connectivity index is 2.78. The highest BCUT2D eigenvalue weighted by Crippen LogP contribution is 2.35. The SMILES string of the molecule is CC(CC(Cl)c1cc(F)c(F)cc1F)CC(C)(C)C. The molecule has 0 bridgehead atoms. The Morgan fingerprint density at radius 1 is 1.05 bits per heavy atom. The van der Waals surface area contributed by atoms with Crippen LogP contribution in [0.4, 0.5) is 13.2 Å². The first-order valence-electron chi connectivity index (χ1n) is 6.38. The maximum Gasteiger partial charge on any atom is 0.161 e. The van der Waals surface area contributed by atoms with Crippen molar-refractivity contribution in [2.45, 2.75) is 45.9 Å². The normalized spacial score (nSPS) is 15.4. The third kappa shape index (κ3) is 5.06. The first-order valence-corrected chi connectivity index (χ1v) is 6.82. The molecule has 0 saturated carbocycles. The van der Waals surface area contributed by atoms with Crippen LogP contribution in [-0.2, 0) is 0 Å². The van der Waals surface area contributed by atoms with Gasteiger partial charge in [0.2, 0.25) is 0 Å². The van der Waals surface area contributed by atoms with Crippen LogP contribution in [0.3, 0.4) is 0 Å². The number of rotatable bonds is 4. The van der Waals surface area contributed by atoms with E-state index in [1.165, 1.54) is 0 Å². The minimum atomic E-state index is -1.19. The molecule has 19 heavy (non-hydrogen) atoms. The zero-order valence-corrected chi connectivity index (χ0v) is 12.5. The molecule has 0 aliphatic carbocycles. The summed E-state index contributed by atoms with van der Waals surface area (Å²) >= 11 is 6.13. The van der Waals surface area contributed by atoms with E-state index in [1.54, 1.807) is 0 Å². The average Bonchev–Trinajstić information content (AvgIpc) is 2.20. The van der Waals surface area contributed by atoms with Crippen LogP contribution >= 0.6 is 11.6 Å². The summed E-state index contributed by atoms with van der Waals surface area (Å²) in [6.45, 7) is 8.37. The maximum absolute atomic E-state index is 13.6. The van der Waals surface area contributed by atoms with Crippen molar-refractivity contribution < 1.29 is 13.2 Å². The van der Waals surface area contributed by atoms with Crippen LogP contribution < -0.4 is 0 Å². The molecule has 4 heteroatoms. The molecule has 0 nitrogen and oxygen atoms in total. The minimum Gasteiger partial charge on any atom is -0.207 e. The van der Waals surface area contributed by atoms with Crippen molar-refractivity contribution >= 4 is 11.6 Å². The summed E-state index contributed by atoms with van der Waals surface area (Å²) in [5.74, 6) is -2.77. The second-order valence-electron chi connectivity index (χ2n) is 6.36. The quantitative estimate of drug-likeness (QED) is 0.482. The standard InChI is InChI=1S/C15H20ClF3/c1-9(8-15(2,3)4)5-11(16)10-6-13(18)14(19)7-12(10)17/h6-7,9,11H,5,8H2,1-4H3. The van der Waals surface area contributed by atoms with E-state index < -0.39 is 22.8 Å². The van der Waals surface area contributed by atoms with Gasteiger partial charge in [0.25, 0.3) is 0 Å². The number of benzene rings is 1. The van der Waals surface area contributed by atoms with E-state index >= 15 is 0 Å². The molecular formula is C15H20ClF3. The number of alkyl halides is 1. The summed E-state index contributed by atoms with van der Waals surface area (Å²) in [6, 6.07) is 1.40. The average molecular weight is 293 g/mol. The predicted octanol–water partition coefficient (Wildman–Crippen LogP) is 5.85. The van der Waals surface area contributed by atoms with Gasteiger partial charge in [-0.1, -0.05) is 27.7 Å². The molecule has 0 aromatic heterocycles. The summed E-state index contributed by atoms with van der Waals surface area (Å²) in [5, 5.41) is -0.646. The fraction of sp³-hybridized carbons (Fsp3) is 0.600. The maximum atomic E-state index is 13.6. The molecule has 2 atom stereocenters. The molecule has 0 spiro atoms. The molecule has 108 valence electrons. The van der Waals surface area contributed by atoms with Crippen LogP contribution in [0.5, 0.6) is 0 Å². The fourth-order valence-corrected chi connectivity index (χ4v) is 2.86. The molecule has 0 amide bonds. The second kappa shape index (κ2) is 6.17. The lowest BCUT2D eigenvalue weighted by molar-refractivity contribution is 0.294. The van der Waals surface area contributed by atoms with E-state index in [9.17, 15) is 13.2 Å². The third-order valence-electron chi connectivity index (χ3n) is 2.95. The Kier molecular flexibility index (Phi) is 5.31. The lowest BCUT2D eigenvalue weighted by Crippen LogP contribution is -2.13. The largest absolute Gasteiger partial charge is 0.207 e. The Morgan fingerprint density at radius 2 is 1.58 bits per heavy atom. The van der Waals surface area contributed by atoms with Gasteiger partial charge < -0.3 is 0 Å².